The van der Waals surface area contributed by atoms with Crippen LogP contribution in [0.15, 0.2) is 18.2 Å². The molecule has 0 aromatic heterocycles. The first kappa shape index (κ1) is 14.3. The van der Waals surface area contributed by atoms with Crippen molar-refractivity contribution in [2.75, 3.05) is 32.9 Å². The van der Waals surface area contributed by atoms with E-state index < -0.39 is 6.10 Å². The van der Waals surface area contributed by atoms with Gasteiger partial charge in [-0.05, 0) is 12.5 Å². The minimum Gasteiger partial charge on any atom is -0.491 e. The fourth-order valence-corrected chi connectivity index (χ4v) is 2.58. The zero-order chi connectivity index (χ0) is 13.8. The summed E-state index contributed by atoms with van der Waals surface area (Å²) >= 11 is 0. The van der Waals surface area contributed by atoms with E-state index >= 15 is 0 Å². The number of hydrogen-bond donors (Lipinski definition) is 3. The van der Waals surface area contributed by atoms with E-state index in [4.69, 9.17) is 14.9 Å². The van der Waals surface area contributed by atoms with Crippen LogP contribution in [0.25, 0.3) is 0 Å². The second-order valence-electron chi connectivity index (χ2n) is 4.80. The summed E-state index contributed by atoms with van der Waals surface area (Å²) in [5, 5.41) is 28.6. The third-order valence-electron chi connectivity index (χ3n) is 3.57. The molecule has 0 radical (unpaired) electrons. The van der Waals surface area contributed by atoms with Crippen molar-refractivity contribution in [2.24, 2.45) is 0 Å². The lowest BCUT2D eigenvalue weighted by atomic mass is 9.96. The Morgan fingerprint density at radius 3 is 2.58 bits per heavy atom. The quantitative estimate of drug-likeness (QED) is 0.704. The van der Waals surface area contributed by atoms with Crippen LogP contribution in [-0.2, 0) is 0 Å². The molecule has 19 heavy (non-hydrogen) atoms. The van der Waals surface area contributed by atoms with Crippen molar-refractivity contribution in [1.29, 1.82) is 0 Å². The maximum absolute atomic E-state index is 10.5. The summed E-state index contributed by atoms with van der Waals surface area (Å²) < 4.78 is 5.75. The van der Waals surface area contributed by atoms with Crippen LogP contribution in [0.4, 0.5) is 0 Å². The van der Waals surface area contributed by atoms with Gasteiger partial charge in [-0.15, -0.1) is 0 Å². The summed E-state index contributed by atoms with van der Waals surface area (Å²) in [4.78, 5) is 1.86. The molecule has 2 rings (SSSR count). The van der Waals surface area contributed by atoms with Gasteiger partial charge in [0.1, 0.15) is 18.5 Å². The maximum atomic E-state index is 10.5. The number of benzene rings is 1. The third kappa shape index (κ3) is 2.90. The van der Waals surface area contributed by atoms with Gasteiger partial charge in [-0.1, -0.05) is 18.2 Å². The normalized spacial score (nSPS) is 22.2. The van der Waals surface area contributed by atoms with Crippen molar-refractivity contribution in [3.63, 3.8) is 0 Å². The van der Waals surface area contributed by atoms with Gasteiger partial charge in [0.25, 0.3) is 0 Å². The Balaban J connectivity index is 2.22. The van der Waals surface area contributed by atoms with Crippen molar-refractivity contribution >= 4 is 0 Å². The van der Waals surface area contributed by atoms with Crippen LogP contribution in [0.1, 0.15) is 17.2 Å². The molecule has 2 atom stereocenters. The van der Waals surface area contributed by atoms with Gasteiger partial charge in [0.2, 0.25) is 0 Å². The number of fused-ring (bicyclic) bond motifs is 1. The fourth-order valence-electron chi connectivity index (χ4n) is 2.58. The lowest BCUT2D eigenvalue weighted by Crippen LogP contribution is -2.48. The second kappa shape index (κ2) is 6.34. The number of rotatable bonds is 5. The predicted octanol–water partition coefficient (Wildman–Crippen LogP) is 0.0760. The molecule has 0 saturated heterocycles. The Kier molecular flexibility index (Phi) is 4.76. The standard InChI is InChI=1S/C14H21NO4/c1-10-3-2-4-11-13(18)12(9-19-14(10)11)15(5-7-16)6-8-17/h2-4,12-13,16-18H,5-9H2,1H3. The highest BCUT2D eigenvalue weighted by atomic mass is 16.5. The maximum Gasteiger partial charge on any atom is 0.128 e. The van der Waals surface area contributed by atoms with E-state index in [0.717, 1.165) is 16.9 Å². The number of hydrogen-bond acceptors (Lipinski definition) is 5. The van der Waals surface area contributed by atoms with Crippen LogP contribution in [0, 0.1) is 6.92 Å². The highest BCUT2D eigenvalue weighted by Gasteiger charge is 2.33. The van der Waals surface area contributed by atoms with Gasteiger partial charge in [-0.3, -0.25) is 4.90 Å². The largest absolute Gasteiger partial charge is 0.491 e. The van der Waals surface area contributed by atoms with Crippen LogP contribution in [0.2, 0.25) is 0 Å². The predicted molar refractivity (Wildman–Crippen MR) is 71.2 cm³/mol. The van der Waals surface area contributed by atoms with Gasteiger partial charge in [0.05, 0.1) is 19.3 Å². The number of ether oxygens (including phenoxy) is 1. The SMILES string of the molecule is Cc1cccc2c1OCC(N(CCO)CCO)C2O. The van der Waals surface area contributed by atoms with Crippen molar-refractivity contribution in [3.8, 4) is 5.75 Å². The fraction of sp³-hybridized carbons (Fsp3) is 0.571. The first-order valence-electron chi connectivity index (χ1n) is 6.55. The number of aryl methyl sites for hydroxylation is 1. The number of aliphatic hydroxyl groups excluding tert-OH is 3. The van der Waals surface area contributed by atoms with Crippen LogP contribution in [0.5, 0.6) is 5.75 Å². The van der Waals surface area contributed by atoms with Crippen molar-refractivity contribution < 1.29 is 20.1 Å². The van der Waals surface area contributed by atoms with E-state index in [1.165, 1.54) is 0 Å². The summed E-state index contributed by atoms with van der Waals surface area (Å²) in [5.41, 5.74) is 1.78. The average Bonchev–Trinajstić information content (AvgIpc) is 2.40. The van der Waals surface area contributed by atoms with Crippen LogP contribution in [-0.4, -0.2) is 59.2 Å². The van der Waals surface area contributed by atoms with Gasteiger partial charge in [-0.2, -0.15) is 0 Å². The molecule has 2 unspecified atom stereocenters. The molecule has 5 heteroatoms. The minimum absolute atomic E-state index is 0.0100. The first-order chi connectivity index (χ1) is 9.19. The van der Waals surface area contributed by atoms with E-state index in [0.29, 0.717) is 19.7 Å². The summed E-state index contributed by atoms with van der Waals surface area (Å²) in [6.45, 7) is 3.11. The summed E-state index contributed by atoms with van der Waals surface area (Å²) in [6.07, 6.45) is -0.665. The van der Waals surface area contributed by atoms with Crippen molar-refractivity contribution in [1.82, 2.24) is 4.90 Å². The average molecular weight is 267 g/mol. The highest BCUT2D eigenvalue weighted by molar-refractivity contribution is 5.44. The summed E-state index contributed by atoms with van der Waals surface area (Å²) in [5.74, 6) is 0.749. The molecular formula is C14H21NO4. The Morgan fingerprint density at radius 2 is 1.95 bits per heavy atom. The molecule has 0 saturated carbocycles. The second-order valence-corrected chi connectivity index (χ2v) is 4.80. The third-order valence-corrected chi connectivity index (χ3v) is 3.57. The minimum atomic E-state index is -0.665. The smallest absolute Gasteiger partial charge is 0.128 e. The molecule has 1 aromatic carbocycles. The van der Waals surface area contributed by atoms with E-state index in [1.54, 1.807) is 0 Å². The first-order valence-corrected chi connectivity index (χ1v) is 6.55. The Labute approximate surface area is 113 Å². The van der Waals surface area contributed by atoms with Gasteiger partial charge < -0.3 is 20.1 Å². The number of nitrogens with zero attached hydrogens (tertiary/aromatic N) is 1. The molecule has 1 aliphatic heterocycles. The molecule has 0 spiro atoms. The number of para-hydroxylation sites is 1. The van der Waals surface area contributed by atoms with Crippen molar-refractivity contribution in [2.45, 2.75) is 19.1 Å². The topological polar surface area (TPSA) is 73.2 Å². The highest BCUT2D eigenvalue weighted by Crippen LogP contribution is 2.36. The molecule has 5 nitrogen and oxygen atoms in total. The molecule has 3 N–H and O–H groups in total. The summed E-state index contributed by atoms with van der Waals surface area (Å²) in [7, 11) is 0. The summed E-state index contributed by atoms with van der Waals surface area (Å²) in [6, 6.07) is 5.46. The lowest BCUT2D eigenvalue weighted by molar-refractivity contribution is -0.00888. The molecule has 0 amide bonds. The molecule has 0 aliphatic carbocycles. The van der Waals surface area contributed by atoms with E-state index in [-0.39, 0.29) is 19.3 Å². The van der Waals surface area contributed by atoms with Crippen LogP contribution < -0.4 is 4.74 Å². The zero-order valence-corrected chi connectivity index (χ0v) is 11.1. The van der Waals surface area contributed by atoms with Crippen LogP contribution >= 0.6 is 0 Å². The molecule has 106 valence electrons. The molecule has 1 aliphatic rings. The molecule has 1 aromatic rings. The molecule has 1 heterocycles. The zero-order valence-electron chi connectivity index (χ0n) is 11.1. The molecular weight excluding hydrogens is 246 g/mol. The van der Waals surface area contributed by atoms with Crippen LogP contribution in [0.3, 0.4) is 0 Å². The van der Waals surface area contributed by atoms with E-state index in [2.05, 4.69) is 0 Å². The van der Waals surface area contributed by atoms with Gasteiger partial charge in [0.15, 0.2) is 0 Å². The van der Waals surface area contributed by atoms with Gasteiger partial charge in [0, 0.05) is 18.7 Å². The Bertz CT molecular complexity index is 418. The van der Waals surface area contributed by atoms with E-state index in [1.807, 2.05) is 30.0 Å². The van der Waals surface area contributed by atoms with Gasteiger partial charge in [-0.25, -0.2) is 0 Å². The van der Waals surface area contributed by atoms with E-state index in [9.17, 15) is 5.11 Å². The van der Waals surface area contributed by atoms with Crippen molar-refractivity contribution in [3.05, 3.63) is 29.3 Å². The Hall–Kier alpha value is -1.14. The molecule has 0 fully saturated rings. The lowest BCUT2D eigenvalue weighted by Gasteiger charge is -2.38. The van der Waals surface area contributed by atoms with Gasteiger partial charge >= 0.3 is 0 Å². The monoisotopic (exact) mass is 267 g/mol. The molecule has 0 bridgehead atoms. The number of aliphatic hydroxyl groups is 3. The Morgan fingerprint density at radius 1 is 1.26 bits per heavy atom.